The van der Waals surface area contributed by atoms with Gasteiger partial charge in [0.2, 0.25) is 0 Å². The highest BCUT2D eigenvalue weighted by atomic mass is 19.1. The third-order valence-electron chi connectivity index (χ3n) is 2.86. The van der Waals surface area contributed by atoms with Gasteiger partial charge in [-0.05, 0) is 25.0 Å². The van der Waals surface area contributed by atoms with Crippen LogP contribution in [0.15, 0.2) is 18.3 Å². The second kappa shape index (κ2) is 5.93. The summed E-state index contributed by atoms with van der Waals surface area (Å²) in [6.45, 7) is 1.79. The molecule has 0 radical (unpaired) electrons. The van der Waals surface area contributed by atoms with E-state index in [-0.39, 0.29) is 18.5 Å². The fourth-order valence-electron chi connectivity index (χ4n) is 2.10. The number of halogens is 1. The van der Waals surface area contributed by atoms with Crippen molar-refractivity contribution in [1.29, 1.82) is 0 Å². The average Bonchev–Trinajstić information content (AvgIpc) is 2.37. The van der Waals surface area contributed by atoms with Crippen LogP contribution >= 0.6 is 0 Å². The fourth-order valence-corrected chi connectivity index (χ4v) is 2.10. The summed E-state index contributed by atoms with van der Waals surface area (Å²) >= 11 is 0. The predicted molar refractivity (Wildman–Crippen MR) is 62.5 cm³/mol. The van der Waals surface area contributed by atoms with Crippen molar-refractivity contribution in [3.63, 3.8) is 0 Å². The number of hydrogen-bond acceptors (Lipinski definition) is 4. The van der Waals surface area contributed by atoms with Crippen molar-refractivity contribution in [3.05, 3.63) is 24.1 Å². The minimum absolute atomic E-state index is 0.0223. The maximum Gasteiger partial charge on any atom is 0.165 e. The summed E-state index contributed by atoms with van der Waals surface area (Å²) in [6.07, 6.45) is 3.55. The monoisotopic (exact) mass is 240 g/mol. The van der Waals surface area contributed by atoms with Crippen LogP contribution in [0.1, 0.15) is 12.8 Å². The lowest BCUT2D eigenvalue weighted by Crippen LogP contribution is -2.40. The minimum atomic E-state index is -0.296. The molecule has 2 heterocycles. The van der Waals surface area contributed by atoms with E-state index in [0.717, 1.165) is 19.4 Å². The highest BCUT2D eigenvalue weighted by Gasteiger charge is 2.22. The summed E-state index contributed by atoms with van der Waals surface area (Å²) in [7, 11) is 0. The van der Waals surface area contributed by atoms with Gasteiger partial charge < -0.3 is 14.7 Å². The van der Waals surface area contributed by atoms with Gasteiger partial charge >= 0.3 is 0 Å². The number of aromatic nitrogens is 1. The zero-order valence-electron chi connectivity index (χ0n) is 9.68. The molecule has 1 aliphatic rings. The summed E-state index contributed by atoms with van der Waals surface area (Å²) in [5.41, 5.74) is 0. The Morgan fingerprint density at radius 3 is 3.24 bits per heavy atom. The third-order valence-corrected chi connectivity index (χ3v) is 2.86. The molecule has 1 saturated heterocycles. The molecule has 1 aromatic heterocycles. The molecule has 1 N–H and O–H groups in total. The van der Waals surface area contributed by atoms with E-state index in [4.69, 9.17) is 9.84 Å². The van der Waals surface area contributed by atoms with Gasteiger partial charge in [0.25, 0.3) is 0 Å². The Kier molecular flexibility index (Phi) is 4.28. The number of ether oxygens (including phenoxy) is 1. The van der Waals surface area contributed by atoms with E-state index < -0.39 is 0 Å². The molecule has 1 unspecified atom stereocenters. The molecule has 0 aromatic carbocycles. The van der Waals surface area contributed by atoms with E-state index in [1.807, 2.05) is 4.90 Å². The van der Waals surface area contributed by atoms with Crippen LogP contribution in [0.5, 0.6) is 0 Å². The summed E-state index contributed by atoms with van der Waals surface area (Å²) in [5, 5.41) is 8.71. The van der Waals surface area contributed by atoms with Gasteiger partial charge in [0, 0.05) is 19.3 Å². The topological polar surface area (TPSA) is 45.6 Å². The van der Waals surface area contributed by atoms with Crippen LogP contribution in [0.2, 0.25) is 0 Å². The number of pyridine rings is 1. The first-order chi connectivity index (χ1) is 8.31. The first-order valence-corrected chi connectivity index (χ1v) is 5.89. The molecule has 5 heteroatoms. The molecule has 1 atom stereocenters. The van der Waals surface area contributed by atoms with Gasteiger partial charge in [-0.25, -0.2) is 9.37 Å². The summed E-state index contributed by atoms with van der Waals surface area (Å²) in [5.74, 6) is 0.0973. The maximum absolute atomic E-state index is 13.6. The predicted octanol–water partition coefficient (Wildman–Crippen LogP) is 1.20. The molecule has 4 nitrogen and oxygen atoms in total. The Labute approximate surface area is 100 Å². The zero-order chi connectivity index (χ0) is 12.1. The van der Waals surface area contributed by atoms with Gasteiger partial charge in [0.05, 0.1) is 19.3 Å². The van der Waals surface area contributed by atoms with Crippen LogP contribution < -0.4 is 4.90 Å². The van der Waals surface area contributed by atoms with E-state index in [1.54, 1.807) is 12.3 Å². The van der Waals surface area contributed by atoms with E-state index in [2.05, 4.69) is 4.98 Å². The molecule has 0 saturated carbocycles. The Morgan fingerprint density at radius 1 is 1.59 bits per heavy atom. The van der Waals surface area contributed by atoms with Crippen LogP contribution in [0, 0.1) is 5.82 Å². The van der Waals surface area contributed by atoms with E-state index in [9.17, 15) is 4.39 Å². The molecular weight excluding hydrogens is 223 g/mol. The first-order valence-electron chi connectivity index (χ1n) is 5.89. The molecule has 17 heavy (non-hydrogen) atoms. The van der Waals surface area contributed by atoms with Gasteiger partial charge in [0.15, 0.2) is 11.6 Å². The molecule has 2 rings (SSSR count). The molecule has 0 amide bonds. The lowest BCUT2D eigenvalue weighted by Gasteiger charge is -2.33. The minimum Gasteiger partial charge on any atom is -0.394 e. The van der Waals surface area contributed by atoms with Crippen molar-refractivity contribution in [1.82, 2.24) is 4.98 Å². The largest absolute Gasteiger partial charge is 0.394 e. The van der Waals surface area contributed by atoms with Crippen molar-refractivity contribution in [2.24, 2.45) is 0 Å². The van der Waals surface area contributed by atoms with Crippen LogP contribution in [-0.2, 0) is 4.74 Å². The molecule has 1 aromatic rings. The van der Waals surface area contributed by atoms with Crippen molar-refractivity contribution in [3.8, 4) is 0 Å². The standard InChI is InChI=1S/C12H17FN2O2/c13-11-4-1-5-14-12(11)15-6-2-3-10(9-15)17-8-7-16/h1,4-5,10,16H,2-3,6-9H2. The number of nitrogens with zero attached hydrogens (tertiary/aromatic N) is 2. The average molecular weight is 240 g/mol. The van der Waals surface area contributed by atoms with Gasteiger partial charge in [-0.2, -0.15) is 0 Å². The van der Waals surface area contributed by atoms with Gasteiger partial charge in [-0.3, -0.25) is 0 Å². The Bertz CT molecular complexity index is 362. The molecule has 94 valence electrons. The molecule has 1 aliphatic heterocycles. The Morgan fingerprint density at radius 2 is 2.47 bits per heavy atom. The highest BCUT2D eigenvalue weighted by Crippen LogP contribution is 2.21. The molecule has 0 bridgehead atoms. The molecule has 0 aliphatic carbocycles. The van der Waals surface area contributed by atoms with Crippen molar-refractivity contribution < 1.29 is 14.2 Å². The quantitative estimate of drug-likeness (QED) is 0.859. The summed E-state index contributed by atoms with van der Waals surface area (Å²) in [4.78, 5) is 5.97. The van der Waals surface area contributed by atoms with E-state index in [0.29, 0.717) is 19.0 Å². The van der Waals surface area contributed by atoms with E-state index in [1.165, 1.54) is 6.07 Å². The highest BCUT2D eigenvalue weighted by molar-refractivity contribution is 5.40. The van der Waals surface area contributed by atoms with Crippen LogP contribution in [0.25, 0.3) is 0 Å². The van der Waals surface area contributed by atoms with Gasteiger partial charge in [-0.1, -0.05) is 0 Å². The Balaban J connectivity index is 1.99. The lowest BCUT2D eigenvalue weighted by atomic mass is 10.1. The van der Waals surface area contributed by atoms with Crippen LogP contribution in [-0.4, -0.2) is 42.5 Å². The second-order valence-corrected chi connectivity index (χ2v) is 4.11. The summed E-state index contributed by atoms with van der Waals surface area (Å²) < 4.78 is 19.1. The van der Waals surface area contributed by atoms with Crippen molar-refractivity contribution in [2.45, 2.75) is 18.9 Å². The van der Waals surface area contributed by atoms with Crippen LogP contribution in [0.4, 0.5) is 10.2 Å². The smallest absolute Gasteiger partial charge is 0.165 e. The number of hydrogen-bond donors (Lipinski definition) is 1. The zero-order valence-corrected chi connectivity index (χ0v) is 9.68. The number of rotatable bonds is 4. The lowest BCUT2D eigenvalue weighted by molar-refractivity contribution is 0.0212. The first kappa shape index (κ1) is 12.3. The van der Waals surface area contributed by atoms with Crippen LogP contribution in [0.3, 0.4) is 0 Å². The number of piperidine rings is 1. The number of aliphatic hydroxyl groups is 1. The van der Waals surface area contributed by atoms with Gasteiger partial charge in [0.1, 0.15) is 0 Å². The second-order valence-electron chi connectivity index (χ2n) is 4.11. The maximum atomic E-state index is 13.6. The molecule has 0 spiro atoms. The normalized spacial score (nSPS) is 20.6. The third kappa shape index (κ3) is 3.14. The Hall–Kier alpha value is -1.20. The fraction of sp³-hybridized carbons (Fsp3) is 0.583. The number of anilines is 1. The summed E-state index contributed by atoms with van der Waals surface area (Å²) in [6, 6.07) is 3.00. The van der Waals surface area contributed by atoms with Crippen molar-refractivity contribution >= 4 is 5.82 Å². The SMILES string of the molecule is OCCOC1CCCN(c2ncccc2F)C1. The molecule has 1 fully saturated rings. The number of aliphatic hydroxyl groups excluding tert-OH is 1. The van der Waals surface area contributed by atoms with E-state index >= 15 is 0 Å². The van der Waals surface area contributed by atoms with Crippen molar-refractivity contribution in [2.75, 3.05) is 31.2 Å². The van der Waals surface area contributed by atoms with Gasteiger partial charge in [-0.15, -0.1) is 0 Å². The molecular formula is C12H17FN2O2.